The van der Waals surface area contributed by atoms with Crippen LogP contribution in [0.25, 0.3) is 0 Å². The second-order valence-corrected chi connectivity index (χ2v) is 5.39. The van der Waals surface area contributed by atoms with Crippen molar-refractivity contribution in [2.75, 3.05) is 12.3 Å². The third-order valence-corrected chi connectivity index (χ3v) is 2.31. The van der Waals surface area contributed by atoms with Gasteiger partial charge in [0.2, 0.25) is 0 Å². The number of nitrogens with one attached hydrogen (secondary N) is 1. The van der Waals surface area contributed by atoms with Gasteiger partial charge in [-0.05, 0) is 32.9 Å². The topological polar surface area (TPSA) is 111 Å². The number of hydrogen-bond acceptors (Lipinski definition) is 5. The zero-order valence-corrected chi connectivity index (χ0v) is 12.3. The first-order valence-corrected chi connectivity index (χ1v) is 6.38. The minimum absolute atomic E-state index is 0.261. The van der Waals surface area contributed by atoms with Crippen molar-refractivity contribution in [1.82, 2.24) is 5.32 Å². The lowest BCUT2D eigenvalue weighted by Crippen LogP contribution is -2.46. The average molecular weight is 296 g/mol. The van der Waals surface area contributed by atoms with Gasteiger partial charge < -0.3 is 25.6 Å². The van der Waals surface area contributed by atoms with Crippen LogP contribution in [0.15, 0.2) is 24.3 Å². The number of alkyl carbamates (subject to hydrolysis) is 1. The standard InChI is InChI=1S/C14H20N2O5/c1-14(2,3)21-13(19)16-10(12(17)18)8-20-11-7-5-4-6-9(11)15/h4-7,10H,8,15H2,1-3H3,(H,16,19)(H,17,18)/t10-/m1/s1. The summed E-state index contributed by atoms with van der Waals surface area (Å²) in [6.45, 7) is 4.79. The molecule has 4 N–H and O–H groups in total. The van der Waals surface area contributed by atoms with E-state index in [0.29, 0.717) is 11.4 Å². The first-order valence-electron chi connectivity index (χ1n) is 6.38. The maximum Gasteiger partial charge on any atom is 0.408 e. The van der Waals surface area contributed by atoms with Gasteiger partial charge in [-0.15, -0.1) is 0 Å². The number of para-hydroxylation sites is 2. The molecule has 0 aliphatic carbocycles. The second-order valence-electron chi connectivity index (χ2n) is 5.39. The van der Waals surface area contributed by atoms with Crippen LogP contribution in [0.2, 0.25) is 0 Å². The molecule has 0 saturated carbocycles. The molecule has 0 spiro atoms. The van der Waals surface area contributed by atoms with Gasteiger partial charge >= 0.3 is 12.1 Å². The second kappa shape index (κ2) is 6.83. The lowest BCUT2D eigenvalue weighted by Gasteiger charge is -2.22. The normalized spacial score (nSPS) is 12.3. The molecule has 0 saturated heterocycles. The molecule has 7 heteroatoms. The first-order chi connectivity index (χ1) is 9.69. The fraction of sp³-hybridized carbons (Fsp3) is 0.429. The number of benzene rings is 1. The molecule has 1 amide bonds. The van der Waals surface area contributed by atoms with Crippen LogP contribution in [0.5, 0.6) is 5.75 Å². The van der Waals surface area contributed by atoms with Crippen molar-refractivity contribution in [2.24, 2.45) is 0 Å². The Hall–Kier alpha value is -2.44. The summed E-state index contributed by atoms with van der Waals surface area (Å²) >= 11 is 0. The third kappa shape index (κ3) is 6.03. The average Bonchev–Trinajstić information content (AvgIpc) is 2.33. The van der Waals surface area contributed by atoms with Crippen molar-refractivity contribution >= 4 is 17.7 Å². The van der Waals surface area contributed by atoms with Gasteiger partial charge in [-0.2, -0.15) is 0 Å². The molecule has 0 bridgehead atoms. The van der Waals surface area contributed by atoms with Crippen LogP contribution >= 0.6 is 0 Å². The SMILES string of the molecule is CC(C)(C)OC(=O)N[C@H](COc1ccccc1N)C(=O)O. The lowest BCUT2D eigenvalue weighted by atomic mass is 10.2. The number of aliphatic carboxylic acids is 1. The fourth-order valence-electron chi connectivity index (χ4n) is 1.41. The minimum Gasteiger partial charge on any atom is -0.489 e. The number of anilines is 1. The molecule has 0 heterocycles. The van der Waals surface area contributed by atoms with Gasteiger partial charge in [-0.1, -0.05) is 12.1 Å². The van der Waals surface area contributed by atoms with E-state index in [0.717, 1.165) is 0 Å². The molecule has 0 aliphatic rings. The zero-order chi connectivity index (χ0) is 16.0. The van der Waals surface area contributed by atoms with Crippen LogP contribution in [-0.2, 0) is 9.53 Å². The Morgan fingerprint density at radius 1 is 1.33 bits per heavy atom. The number of carbonyl (C=O) groups excluding carboxylic acids is 1. The van der Waals surface area contributed by atoms with Gasteiger partial charge in [0, 0.05) is 0 Å². The largest absolute Gasteiger partial charge is 0.489 e. The fourth-order valence-corrected chi connectivity index (χ4v) is 1.41. The van der Waals surface area contributed by atoms with Crippen LogP contribution in [-0.4, -0.2) is 35.4 Å². The molecule has 0 radical (unpaired) electrons. The zero-order valence-electron chi connectivity index (χ0n) is 12.3. The number of nitrogen functional groups attached to an aromatic ring is 1. The molecule has 1 atom stereocenters. The Balaban J connectivity index is 2.61. The Kier molecular flexibility index (Phi) is 5.40. The number of nitrogens with two attached hydrogens (primary N) is 1. The molecular formula is C14H20N2O5. The number of carboxylic acids is 1. The summed E-state index contributed by atoms with van der Waals surface area (Å²) < 4.78 is 10.3. The maximum atomic E-state index is 11.6. The van der Waals surface area contributed by atoms with Crippen LogP contribution in [0.3, 0.4) is 0 Å². The van der Waals surface area contributed by atoms with E-state index >= 15 is 0 Å². The molecule has 21 heavy (non-hydrogen) atoms. The number of hydrogen-bond donors (Lipinski definition) is 3. The molecule has 0 aliphatic heterocycles. The molecular weight excluding hydrogens is 276 g/mol. The predicted molar refractivity (Wildman–Crippen MR) is 77.1 cm³/mol. The quantitative estimate of drug-likeness (QED) is 0.712. The van der Waals surface area contributed by atoms with Crippen molar-refractivity contribution in [1.29, 1.82) is 0 Å². The summed E-state index contributed by atoms with van der Waals surface area (Å²) in [6, 6.07) is 5.45. The number of rotatable bonds is 5. The van der Waals surface area contributed by atoms with Gasteiger partial charge in [0.25, 0.3) is 0 Å². The highest BCUT2D eigenvalue weighted by atomic mass is 16.6. The van der Waals surface area contributed by atoms with Crippen LogP contribution in [0.4, 0.5) is 10.5 Å². The van der Waals surface area contributed by atoms with Gasteiger partial charge in [0.05, 0.1) is 5.69 Å². The molecule has 7 nitrogen and oxygen atoms in total. The Bertz CT molecular complexity index is 510. The smallest absolute Gasteiger partial charge is 0.408 e. The molecule has 1 rings (SSSR count). The van der Waals surface area contributed by atoms with E-state index in [1.165, 1.54) is 0 Å². The Morgan fingerprint density at radius 2 is 1.95 bits per heavy atom. The molecule has 0 aromatic heterocycles. The van der Waals surface area contributed by atoms with E-state index in [1.807, 2.05) is 0 Å². The van der Waals surface area contributed by atoms with E-state index in [1.54, 1.807) is 45.0 Å². The monoisotopic (exact) mass is 296 g/mol. The highest BCUT2D eigenvalue weighted by molar-refractivity contribution is 5.80. The summed E-state index contributed by atoms with van der Waals surface area (Å²) in [4.78, 5) is 22.7. The van der Waals surface area contributed by atoms with E-state index in [4.69, 9.17) is 20.3 Å². The summed E-state index contributed by atoms with van der Waals surface area (Å²) in [5.74, 6) is -0.870. The predicted octanol–water partition coefficient (Wildman–Crippen LogP) is 1.63. The number of carbonyl (C=O) groups is 2. The summed E-state index contributed by atoms with van der Waals surface area (Å²) in [6.07, 6.45) is -0.820. The number of amides is 1. The van der Waals surface area contributed by atoms with Crippen molar-refractivity contribution < 1.29 is 24.2 Å². The molecule has 0 fully saturated rings. The van der Waals surface area contributed by atoms with Crippen LogP contribution in [0, 0.1) is 0 Å². The van der Waals surface area contributed by atoms with Crippen molar-refractivity contribution in [3.8, 4) is 5.75 Å². The number of carboxylic acid groups (broad SMARTS) is 1. The van der Waals surface area contributed by atoms with Crippen LogP contribution < -0.4 is 15.8 Å². The summed E-state index contributed by atoms with van der Waals surface area (Å²) in [5.41, 5.74) is 5.36. The van der Waals surface area contributed by atoms with E-state index in [-0.39, 0.29) is 6.61 Å². The molecule has 116 valence electrons. The third-order valence-electron chi connectivity index (χ3n) is 2.31. The van der Waals surface area contributed by atoms with Crippen molar-refractivity contribution in [3.63, 3.8) is 0 Å². The molecule has 1 aromatic rings. The van der Waals surface area contributed by atoms with Gasteiger partial charge in [0.15, 0.2) is 6.04 Å². The van der Waals surface area contributed by atoms with Crippen LogP contribution in [0.1, 0.15) is 20.8 Å². The number of ether oxygens (including phenoxy) is 2. The highest BCUT2D eigenvalue weighted by Crippen LogP contribution is 2.19. The summed E-state index contributed by atoms with van der Waals surface area (Å²) in [5, 5.41) is 11.3. The van der Waals surface area contributed by atoms with E-state index in [9.17, 15) is 9.59 Å². The first kappa shape index (κ1) is 16.6. The molecule has 0 unspecified atom stereocenters. The maximum absolute atomic E-state index is 11.6. The van der Waals surface area contributed by atoms with E-state index in [2.05, 4.69) is 5.32 Å². The molecule has 1 aromatic carbocycles. The minimum atomic E-state index is -1.24. The Morgan fingerprint density at radius 3 is 2.48 bits per heavy atom. The summed E-state index contributed by atoms with van der Waals surface area (Å²) in [7, 11) is 0. The van der Waals surface area contributed by atoms with Crippen molar-refractivity contribution in [2.45, 2.75) is 32.4 Å². The van der Waals surface area contributed by atoms with Gasteiger partial charge in [0.1, 0.15) is 18.0 Å². The lowest BCUT2D eigenvalue weighted by molar-refractivity contribution is -0.140. The van der Waals surface area contributed by atoms with E-state index < -0.39 is 23.7 Å². The Labute approximate surface area is 123 Å². The highest BCUT2D eigenvalue weighted by Gasteiger charge is 2.24. The van der Waals surface area contributed by atoms with Crippen molar-refractivity contribution in [3.05, 3.63) is 24.3 Å². The van der Waals surface area contributed by atoms with Gasteiger partial charge in [-0.3, -0.25) is 0 Å². The van der Waals surface area contributed by atoms with Gasteiger partial charge in [-0.25, -0.2) is 9.59 Å².